The summed E-state index contributed by atoms with van der Waals surface area (Å²) in [5.41, 5.74) is 0. The van der Waals surface area contributed by atoms with Gasteiger partial charge in [-0.25, -0.2) is 4.98 Å². The van der Waals surface area contributed by atoms with Gasteiger partial charge in [-0.3, -0.25) is 4.68 Å². The van der Waals surface area contributed by atoms with Crippen LogP contribution in [0.2, 0.25) is 0 Å². The molecule has 0 aliphatic rings. The summed E-state index contributed by atoms with van der Waals surface area (Å²) in [7, 11) is 0. The SMILES string of the molecule is C=CCCc1ncnn1CCC. The Hall–Kier alpha value is -1.12. The van der Waals surface area contributed by atoms with Gasteiger partial charge < -0.3 is 0 Å². The molecule has 0 saturated carbocycles. The monoisotopic (exact) mass is 165 g/mol. The molecule has 3 nitrogen and oxygen atoms in total. The van der Waals surface area contributed by atoms with E-state index in [2.05, 4.69) is 23.6 Å². The van der Waals surface area contributed by atoms with Crippen molar-refractivity contribution in [3.05, 3.63) is 24.8 Å². The Morgan fingerprint density at radius 1 is 1.67 bits per heavy atom. The van der Waals surface area contributed by atoms with Crippen LogP contribution in [-0.4, -0.2) is 14.8 Å². The molecule has 1 aromatic rings. The number of hydrogen-bond donors (Lipinski definition) is 0. The molecular formula is C9H15N3. The van der Waals surface area contributed by atoms with Gasteiger partial charge in [-0.05, 0) is 12.8 Å². The standard InChI is InChI=1S/C9H15N3/c1-3-5-6-9-10-8-11-12(9)7-4-2/h3,8H,1,4-7H2,2H3. The number of rotatable bonds is 5. The maximum absolute atomic E-state index is 4.18. The van der Waals surface area contributed by atoms with Gasteiger partial charge in [-0.1, -0.05) is 13.0 Å². The van der Waals surface area contributed by atoms with Crippen molar-refractivity contribution in [3.8, 4) is 0 Å². The van der Waals surface area contributed by atoms with Gasteiger partial charge in [0.2, 0.25) is 0 Å². The summed E-state index contributed by atoms with van der Waals surface area (Å²) in [6, 6.07) is 0. The molecule has 0 bridgehead atoms. The maximum atomic E-state index is 4.18. The first-order chi connectivity index (χ1) is 5.88. The van der Waals surface area contributed by atoms with Gasteiger partial charge in [0, 0.05) is 13.0 Å². The first-order valence-corrected chi connectivity index (χ1v) is 4.36. The highest BCUT2D eigenvalue weighted by Gasteiger charge is 2.00. The van der Waals surface area contributed by atoms with Crippen LogP contribution in [-0.2, 0) is 13.0 Å². The van der Waals surface area contributed by atoms with E-state index >= 15 is 0 Å². The third-order valence-corrected chi connectivity index (χ3v) is 1.70. The molecule has 0 aliphatic carbocycles. The molecule has 66 valence electrons. The van der Waals surface area contributed by atoms with Gasteiger partial charge in [-0.15, -0.1) is 6.58 Å². The summed E-state index contributed by atoms with van der Waals surface area (Å²) >= 11 is 0. The predicted octanol–water partition coefficient (Wildman–Crippen LogP) is 1.81. The van der Waals surface area contributed by atoms with E-state index in [9.17, 15) is 0 Å². The molecule has 0 amide bonds. The smallest absolute Gasteiger partial charge is 0.138 e. The summed E-state index contributed by atoms with van der Waals surface area (Å²) in [6.07, 6.45) is 6.55. The largest absolute Gasteiger partial charge is 0.250 e. The molecule has 0 N–H and O–H groups in total. The Morgan fingerprint density at radius 3 is 3.17 bits per heavy atom. The minimum atomic E-state index is 0.948. The molecule has 0 atom stereocenters. The van der Waals surface area contributed by atoms with E-state index in [1.54, 1.807) is 6.33 Å². The zero-order chi connectivity index (χ0) is 8.81. The van der Waals surface area contributed by atoms with Gasteiger partial charge in [0.15, 0.2) is 0 Å². The zero-order valence-electron chi connectivity index (χ0n) is 7.53. The second kappa shape index (κ2) is 4.70. The summed E-state index contributed by atoms with van der Waals surface area (Å²) in [5.74, 6) is 1.07. The van der Waals surface area contributed by atoms with E-state index in [0.29, 0.717) is 0 Å². The summed E-state index contributed by atoms with van der Waals surface area (Å²) < 4.78 is 1.96. The first kappa shape index (κ1) is 8.97. The summed E-state index contributed by atoms with van der Waals surface area (Å²) in [5, 5.41) is 4.13. The number of nitrogens with zero attached hydrogens (tertiary/aromatic N) is 3. The molecule has 0 saturated heterocycles. The lowest BCUT2D eigenvalue weighted by atomic mass is 10.3. The average Bonchev–Trinajstić information content (AvgIpc) is 2.50. The van der Waals surface area contributed by atoms with Crippen LogP contribution in [0.1, 0.15) is 25.6 Å². The minimum absolute atomic E-state index is 0.948. The number of aryl methyl sites for hydroxylation is 2. The van der Waals surface area contributed by atoms with Gasteiger partial charge >= 0.3 is 0 Å². The van der Waals surface area contributed by atoms with Crippen LogP contribution >= 0.6 is 0 Å². The maximum Gasteiger partial charge on any atom is 0.138 e. The number of hydrogen-bond acceptors (Lipinski definition) is 2. The molecule has 0 unspecified atom stereocenters. The van der Waals surface area contributed by atoms with Crippen molar-refractivity contribution in [2.24, 2.45) is 0 Å². The molecule has 12 heavy (non-hydrogen) atoms. The molecular weight excluding hydrogens is 150 g/mol. The van der Waals surface area contributed by atoms with E-state index in [4.69, 9.17) is 0 Å². The molecule has 0 spiro atoms. The average molecular weight is 165 g/mol. The number of aromatic nitrogens is 3. The van der Waals surface area contributed by atoms with Crippen LogP contribution in [0.5, 0.6) is 0 Å². The van der Waals surface area contributed by atoms with Crippen molar-refractivity contribution >= 4 is 0 Å². The van der Waals surface area contributed by atoms with E-state index < -0.39 is 0 Å². The Bertz CT molecular complexity index is 240. The van der Waals surface area contributed by atoms with Crippen molar-refractivity contribution in [1.82, 2.24) is 14.8 Å². The van der Waals surface area contributed by atoms with Crippen LogP contribution in [0.3, 0.4) is 0 Å². The molecule has 0 fully saturated rings. The fraction of sp³-hybridized carbons (Fsp3) is 0.556. The van der Waals surface area contributed by atoms with E-state index in [-0.39, 0.29) is 0 Å². The highest BCUT2D eigenvalue weighted by molar-refractivity contribution is 4.87. The second-order valence-electron chi connectivity index (χ2n) is 2.73. The van der Waals surface area contributed by atoms with Gasteiger partial charge in [0.05, 0.1) is 0 Å². The number of allylic oxidation sites excluding steroid dienone is 1. The van der Waals surface area contributed by atoms with Crippen molar-refractivity contribution in [2.75, 3.05) is 0 Å². The quantitative estimate of drug-likeness (QED) is 0.623. The van der Waals surface area contributed by atoms with Crippen LogP contribution in [0, 0.1) is 0 Å². The minimum Gasteiger partial charge on any atom is -0.250 e. The third kappa shape index (κ3) is 2.19. The van der Waals surface area contributed by atoms with E-state index in [1.165, 1.54) is 0 Å². The first-order valence-electron chi connectivity index (χ1n) is 4.36. The lowest BCUT2D eigenvalue weighted by Gasteiger charge is -2.01. The van der Waals surface area contributed by atoms with Gasteiger partial charge in [-0.2, -0.15) is 5.10 Å². The van der Waals surface area contributed by atoms with Crippen LogP contribution in [0.4, 0.5) is 0 Å². The van der Waals surface area contributed by atoms with Gasteiger partial charge in [0.1, 0.15) is 12.2 Å². The van der Waals surface area contributed by atoms with E-state index in [1.807, 2.05) is 10.8 Å². The molecule has 0 aliphatic heterocycles. The normalized spacial score (nSPS) is 10.1. The fourth-order valence-electron chi connectivity index (χ4n) is 1.11. The highest BCUT2D eigenvalue weighted by atomic mass is 15.3. The van der Waals surface area contributed by atoms with Crippen LogP contribution < -0.4 is 0 Å². The molecule has 1 heterocycles. The van der Waals surface area contributed by atoms with Crippen LogP contribution in [0.15, 0.2) is 19.0 Å². The highest BCUT2D eigenvalue weighted by Crippen LogP contribution is 1.99. The molecule has 1 aromatic heterocycles. The summed E-state index contributed by atoms with van der Waals surface area (Å²) in [4.78, 5) is 4.18. The fourth-order valence-corrected chi connectivity index (χ4v) is 1.11. The zero-order valence-corrected chi connectivity index (χ0v) is 7.53. The summed E-state index contributed by atoms with van der Waals surface area (Å²) in [6.45, 7) is 6.78. The Balaban J connectivity index is 2.56. The van der Waals surface area contributed by atoms with Crippen molar-refractivity contribution < 1.29 is 0 Å². The molecule has 1 rings (SSSR count). The topological polar surface area (TPSA) is 30.7 Å². The van der Waals surface area contributed by atoms with Crippen molar-refractivity contribution in [2.45, 2.75) is 32.7 Å². The lowest BCUT2D eigenvalue weighted by molar-refractivity contribution is 0.568. The Morgan fingerprint density at radius 2 is 2.50 bits per heavy atom. The van der Waals surface area contributed by atoms with Crippen molar-refractivity contribution in [1.29, 1.82) is 0 Å². The predicted molar refractivity (Wildman–Crippen MR) is 48.8 cm³/mol. The van der Waals surface area contributed by atoms with Crippen LogP contribution in [0.25, 0.3) is 0 Å². The molecule has 0 aromatic carbocycles. The van der Waals surface area contributed by atoms with E-state index in [0.717, 1.165) is 31.6 Å². The van der Waals surface area contributed by atoms with Gasteiger partial charge in [0.25, 0.3) is 0 Å². The Labute approximate surface area is 73.1 Å². The molecule has 0 radical (unpaired) electrons. The second-order valence-corrected chi connectivity index (χ2v) is 2.73. The lowest BCUT2D eigenvalue weighted by Crippen LogP contribution is -2.04. The Kier molecular flexibility index (Phi) is 3.51. The molecule has 3 heteroatoms. The third-order valence-electron chi connectivity index (χ3n) is 1.70. The van der Waals surface area contributed by atoms with Crippen molar-refractivity contribution in [3.63, 3.8) is 0 Å².